The van der Waals surface area contributed by atoms with Gasteiger partial charge in [0.2, 0.25) is 0 Å². The van der Waals surface area contributed by atoms with Gasteiger partial charge in [-0.05, 0) is 11.1 Å². The second-order valence-electron chi connectivity index (χ2n) is 7.69. The summed E-state index contributed by atoms with van der Waals surface area (Å²) in [5.41, 5.74) is 0.0909. The molecule has 1 aliphatic heterocycles. The van der Waals surface area contributed by atoms with E-state index in [9.17, 15) is 4.79 Å². The minimum absolute atomic E-state index is 0.0359. The maximum atomic E-state index is 11.5. The van der Waals surface area contributed by atoms with Crippen LogP contribution in [-0.2, 0) is 14.3 Å². The molecule has 0 saturated carbocycles. The Morgan fingerprint density at radius 1 is 1.00 bits per heavy atom. The van der Waals surface area contributed by atoms with Gasteiger partial charge in [0.25, 0.3) is 0 Å². The van der Waals surface area contributed by atoms with Gasteiger partial charge >= 0.3 is 5.97 Å². The van der Waals surface area contributed by atoms with Gasteiger partial charge in [0, 0.05) is 6.08 Å². The lowest BCUT2D eigenvalue weighted by Crippen LogP contribution is -2.69. The monoisotopic (exact) mass is 366 g/mol. The molecule has 1 heterocycles. The summed E-state index contributed by atoms with van der Waals surface area (Å²) in [6.45, 7) is 6.92. The largest absolute Gasteiger partial charge is 0.466 e. The Morgan fingerprint density at radius 3 is 1.92 bits per heavy atom. The van der Waals surface area contributed by atoms with E-state index in [4.69, 9.17) is 9.47 Å². The third-order valence-electron chi connectivity index (χ3n) is 5.22. The van der Waals surface area contributed by atoms with E-state index >= 15 is 0 Å². The van der Waals surface area contributed by atoms with Gasteiger partial charge < -0.3 is 9.47 Å². The number of methoxy groups -OCH3 is 1. The SMILES string of the molecule is COC(=O)/C=C/[C@@H]1O[C@H]1[Si](c1ccccc1)(c1ccccc1)C(C)(C)C. The molecule has 2 aromatic rings. The fourth-order valence-electron chi connectivity index (χ4n) is 4.05. The number of esters is 1. The first kappa shape index (κ1) is 18.6. The first-order chi connectivity index (χ1) is 12.4. The number of epoxide rings is 1. The van der Waals surface area contributed by atoms with E-state index in [0.29, 0.717) is 0 Å². The quantitative estimate of drug-likeness (QED) is 0.353. The van der Waals surface area contributed by atoms with Crippen LogP contribution in [0.1, 0.15) is 20.8 Å². The predicted molar refractivity (Wildman–Crippen MR) is 107 cm³/mol. The summed E-state index contributed by atoms with van der Waals surface area (Å²) >= 11 is 0. The van der Waals surface area contributed by atoms with E-state index in [-0.39, 0.29) is 22.8 Å². The molecule has 2 aromatic carbocycles. The van der Waals surface area contributed by atoms with Crippen molar-refractivity contribution in [3.63, 3.8) is 0 Å². The molecule has 1 saturated heterocycles. The van der Waals surface area contributed by atoms with Crippen LogP contribution in [0, 0.1) is 0 Å². The van der Waals surface area contributed by atoms with Crippen molar-refractivity contribution >= 4 is 24.4 Å². The highest BCUT2D eigenvalue weighted by molar-refractivity contribution is 7.05. The summed E-state index contributed by atoms with van der Waals surface area (Å²) in [5, 5.41) is 2.75. The topological polar surface area (TPSA) is 38.8 Å². The highest BCUT2D eigenvalue weighted by Crippen LogP contribution is 2.46. The van der Waals surface area contributed by atoms with Crippen molar-refractivity contribution in [1.82, 2.24) is 0 Å². The summed E-state index contributed by atoms with van der Waals surface area (Å²) in [7, 11) is -0.897. The van der Waals surface area contributed by atoms with E-state index in [2.05, 4.69) is 81.4 Å². The summed E-state index contributed by atoms with van der Waals surface area (Å²) in [5.74, 6) is -0.346. The number of carbonyl (C=O) groups excluding carboxylic acids is 1. The van der Waals surface area contributed by atoms with Gasteiger partial charge in [-0.1, -0.05) is 91.8 Å². The fourth-order valence-corrected chi connectivity index (χ4v) is 10.0. The second kappa shape index (κ2) is 7.21. The zero-order valence-corrected chi connectivity index (χ0v) is 16.8. The maximum absolute atomic E-state index is 11.5. The number of hydrogen-bond acceptors (Lipinski definition) is 3. The highest BCUT2D eigenvalue weighted by Gasteiger charge is 2.62. The number of benzene rings is 2. The summed E-state index contributed by atoms with van der Waals surface area (Å²) in [6, 6.07) is 21.4. The molecule has 0 N–H and O–H groups in total. The van der Waals surface area contributed by atoms with Crippen molar-refractivity contribution in [1.29, 1.82) is 0 Å². The van der Waals surface area contributed by atoms with Gasteiger partial charge in [-0.25, -0.2) is 4.79 Å². The van der Waals surface area contributed by atoms with Gasteiger partial charge in [-0.2, -0.15) is 0 Å². The molecule has 0 bridgehead atoms. The van der Waals surface area contributed by atoms with Crippen molar-refractivity contribution in [2.24, 2.45) is 0 Å². The van der Waals surface area contributed by atoms with Gasteiger partial charge in [-0.3, -0.25) is 0 Å². The average molecular weight is 367 g/mol. The molecule has 4 heteroatoms. The molecule has 3 nitrogen and oxygen atoms in total. The van der Waals surface area contributed by atoms with Crippen LogP contribution in [0.2, 0.25) is 5.04 Å². The first-order valence-electron chi connectivity index (χ1n) is 8.94. The van der Waals surface area contributed by atoms with Crippen LogP contribution in [0.4, 0.5) is 0 Å². The molecule has 0 amide bonds. The minimum atomic E-state index is -2.29. The third kappa shape index (κ3) is 3.27. The minimum Gasteiger partial charge on any atom is -0.466 e. The lowest BCUT2D eigenvalue weighted by Gasteiger charge is -2.43. The zero-order valence-electron chi connectivity index (χ0n) is 15.8. The maximum Gasteiger partial charge on any atom is 0.330 e. The highest BCUT2D eigenvalue weighted by atomic mass is 28.3. The molecule has 2 atom stereocenters. The molecule has 0 radical (unpaired) electrons. The molecule has 1 aliphatic rings. The van der Waals surface area contributed by atoms with Gasteiger partial charge in [0.05, 0.1) is 12.8 Å². The molecule has 3 rings (SSSR count). The molecule has 0 aliphatic carbocycles. The molecule has 26 heavy (non-hydrogen) atoms. The molecule has 0 spiro atoms. The lowest BCUT2D eigenvalue weighted by molar-refractivity contribution is -0.134. The smallest absolute Gasteiger partial charge is 0.330 e. The van der Waals surface area contributed by atoms with Crippen molar-refractivity contribution < 1.29 is 14.3 Å². The van der Waals surface area contributed by atoms with Crippen LogP contribution in [0.3, 0.4) is 0 Å². The van der Waals surface area contributed by atoms with Crippen molar-refractivity contribution in [3.8, 4) is 0 Å². The summed E-state index contributed by atoms with van der Waals surface area (Å²) in [4.78, 5) is 11.5. The Morgan fingerprint density at radius 2 is 1.50 bits per heavy atom. The lowest BCUT2D eigenvalue weighted by atomic mass is 10.2. The number of carbonyl (C=O) groups is 1. The molecular formula is C22H26O3Si. The Hall–Kier alpha value is -2.17. The van der Waals surface area contributed by atoms with Crippen molar-refractivity contribution in [2.45, 2.75) is 37.6 Å². The summed E-state index contributed by atoms with van der Waals surface area (Å²) < 4.78 is 10.9. The molecular weight excluding hydrogens is 340 g/mol. The van der Waals surface area contributed by atoms with Crippen LogP contribution in [0.15, 0.2) is 72.8 Å². The normalized spacial score (nSPS) is 20.2. The van der Waals surface area contributed by atoms with E-state index in [1.807, 2.05) is 6.08 Å². The Bertz CT molecular complexity index is 739. The van der Waals surface area contributed by atoms with Crippen molar-refractivity contribution in [3.05, 3.63) is 72.8 Å². The summed E-state index contributed by atoms with van der Waals surface area (Å²) in [6.07, 6.45) is 3.26. The Labute approximate surface area is 156 Å². The van der Waals surface area contributed by atoms with E-state index in [1.165, 1.54) is 23.6 Å². The number of hydrogen-bond donors (Lipinski definition) is 0. The van der Waals surface area contributed by atoms with Crippen LogP contribution in [0.5, 0.6) is 0 Å². The van der Waals surface area contributed by atoms with Gasteiger partial charge in [-0.15, -0.1) is 0 Å². The fraction of sp³-hybridized carbons (Fsp3) is 0.318. The Balaban J connectivity index is 2.11. The molecule has 0 aromatic heterocycles. The van der Waals surface area contributed by atoms with Gasteiger partial charge in [0.15, 0.2) is 8.07 Å². The molecule has 1 fully saturated rings. The Kier molecular flexibility index (Phi) is 5.16. The van der Waals surface area contributed by atoms with Crippen LogP contribution >= 0.6 is 0 Å². The van der Waals surface area contributed by atoms with Crippen molar-refractivity contribution in [2.75, 3.05) is 7.11 Å². The third-order valence-corrected chi connectivity index (χ3v) is 11.4. The zero-order chi connectivity index (χ0) is 18.8. The number of rotatable bonds is 5. The van der Waals surface area contributed by atoms with E-state index in [1.54, 1.807) is 0 Å². The van der Waals surface area contributed by atoms with Crippen LogP contribution in [0.25, 0.3) is 0 Å². The van der Waals surface area contributed by atoms with Crippen LogP contribution < -0.4 is 10.4 Å². The van der Waals surface area contributed by atoms with Gasteiger partial charge in [0.1, 0.15) is 6.10 Å². The molecule has 136 valence electrons. The van der Waals surface area contributed by atoms with Crippen LogP contribution in [-0.4, -0.2) is 33.0 Å². The van der Waals surface area contributed by atoms with E-state index < -0.39 is 8.07 Å². The molecule has 0 unspecified atom stereocenters. The second-order valence-corrected chi connectivity index (χ2v) is 12.5. The first-order valence-corrected chi connectivity index (χ1v) is 11.0. The predicted octanol–water partition coefficient (Wildman–Crippen LogP) is 3.09. The standard InChI is InChI=1S/C22H26O3Si/c1-22(2,3)26(17-11-7-5-8-12-17,18-13-9-6-10-14-18)21-19(25-21)15-16-20(23)24-4/h5-16,19,21H,1-4H3/b16-15+/t19-,21-/m0/s1. The average Bonchev–Trinajstić information content (AvgIpc) is 3.40. The number of ether oxygens (including phenoxy) is 2. The van der Waals surface area contributed by atoms with E-state index in [0.717, 1.165) is 0 Å².